The van der Waals surface area contributed by atoms with E-state index in [2.05, 4.69) is 20.8 Å². The van der Waals surface area contributed by atoms with Gasteiger partial charge in [0.2, 0.25) is 0 Å². The zero-order valence-electron chi connectivity index (χ0n) is 14.6. The molecule has 3 aliphatic rings. The summed E-state index contributed by atoms with van der Waals surface area (Å²) in [7, 11) is 0. The maximum absolute atomic E-state index is 11.9. The summed E-state index contributed by atoms with van der Waals surface area (Å²) in [5.41, 5.74) is 0.121. The maximum atomic E-state index is 11.9. The zero-order chi connectivity index (χ0) is 18.2. The Morgan fingerprint density at radius 2 is 1.60 bits per heavy atom. The van der Waals surface area contributed by atoms with Gasteiger partial charge in [-0.05, 0) is 33.2 Å². The predicted molar refractivity (Wildman–Crippen MR) is 93.3 cm³/mol. The molecule has 130 valence electrons. The molecule has 0 saturated carbocycles. The Hall–Kier alpha value is -2.17. The van der Waals surface area contributed by atoms with Gasteiger partial charge in [0.1, 0.15) is 11.2 Å². The van der Waals surface area contributed by atoms with Crippen molar-refractivity contribution in [1.29, 1.82) is 0 Å². The number of aliphatic carboxylic acids is 1. The van der Waals surface area contributed by atoms with E-state index >= 15 is 0 Å². The van der Waals surface area contributed by atoms with Crippen molar-refractivity contribution >= 4 is 5.97 Å². The maximum Gasteiger partial charge on any atom is 0.310 e. The lowest BCUT2D eigenvalue weighted by molar-refractivity contribution is -0.160. The van der Waals surface area contributed by atoms with E-state index in [1.54, 1.807) is 24.3 Å². The molecule has 3 aliphatic carbocycles. The Labute approximate surface area is 146 Å². The topological polar surface area (TPSA) is 77.8 Å². The van der Waals surface area contributed by atoms with Gasteiger partial charge < -0.3 is 15.3 Å². The Morgan fingerprint density at radius 1 is 1.00 bits per heavy atom. The van der Waals surface area contributed by atoms with Gasteiger partial charge in [0.15, 0.2) is 0 Å². The van der Waals surface area contributed by atoms with E-state index in [0.29, 0.717) is 22.3 Å². The molecule has 5 rings (SSSR count). The number of hydrogen-bond donors (Lipinski definition) is 3. The molecule has 0 radical (unpaired) electrons. The molecule has 4 nitrogen and oxygen atoms in total. The van der Waals surface area contributed by atoms with Crippen LogP contribution in [0, 0.1) is 5.92 Å². The first-order valence-corrected chi connectivity index (χ1v) is 8.53. The molecule has 3 atom stereocenters. The Kier molecular flexibility index (Phi) is 3.07. The highest BCUT2D eigenvalue weighted by atomic mass is 16.4. The highest BCUT2D eigenvalue weighted by molar-refractivity contribution is 5.77. The van der Waals surface area contributed by atoms with E-state index in [1.807, 2.05) is 18.2 Å². The van der Waals surface area contributed by atoms with E-state index in [-0.39, 0.29) is 11.8 Å². The predicted octanol–water partition coefficient (Wildman–Crippen LogP) is 2.87. The van der Waals surface area contributed by atoms with Crippen molar-refractivity contribution in [3.8, 4) is 0 Å². The van der Waals surface area contributed by atoms with Crippen LogP contribution in [0.4, 0.5) is 0 Å². The van der Waals surface area contributed by atoms with E-state index < -0.39 is 23.1 Å². The molecular formula is C21H22O4. The zero-order valence-corrected chi connectivity index (χ0v) is 14.6. The minimum Gasteiger partial charge on any atom is -0.481 e. The van der Waals surface area contributed by atoms with E-state index in [0.717, 1.165) is 5.56 Å². The summed E-state index contributed by atoms with van der Waals surface area (Å²) in [6, 6.07) is 12.7. The highest BCUT2D eigenvalue weighted by Crippen LogP contribution is 2.59. The Morgan fingerprint density at radius 3 is 2.20 bits per heavy atom. The molecule has 4 heteroatoms. The lowest BCUT2D eigenvalue weighted by Gasteiger charge is -2.53. The molecular weight excluding hydrogens is 316 g/mol. The molecule has 2 aromatic rings. The fraction of sp³-hybridized carbons (Fsp3) is 0.381. The van der Waals surface area contributed by atoms with Gasteiger partial charge in [-0.1, -0.05) is 63.2 Å². The van der Waals surface area contributed by atoms with Crippen LogP contribution in [0.1, 0.15) is 55.0 Å². The smallest absolute Gasteiger partial charge is 0.310 e. The quantitative estimate of drug-likeness (QED) is 0.747. The van der Waals surface area contributed by atoms with Crippen LogP contribution in [0.5, 0.6) is 0 Å². The van der Waals surface area contributed by atoms with Crippen LogP contribution in [-0.4, -0.2) is 21.3 Å². The standard InChI is InChI=1S/C21H22O4/c1-19(2,3)12-8-9-15-16(10-12)20(24)11-17(18(22)23)21(15,25)14-7-5-4-6-13(14)20/h4-10,17,24-25H,11H2,1-3H3,(H,22,23). The molecule has 2 aromatic carbocycles. The molecule has 0 amide bonds. The van der Waals surface area contributed by atoms with Crippen molar-refractivity contribution in [3.05, 3.63) is 70.3 Å². The average Bonchev–Trinajstić information content (AvgIpc) is 2.56. The number of benzene rings is 2. The number of hydrogen-bond acceptors (Lipinski definition) is 3. The summed E-state index contributed by atoms with van der Waals surface area (Å²) in [5.74, 6) is -2.18. The Bertz CT molecular complexity index is 895. The number of carboxylic acids is 1. The SMILES string of the molecule is CC(C)(C)c1ccc2c(c1)C1(O)CC(C(=O)O)C2(O)c2ccccc21. The van der Waals surface area contributed by atoms with Gasteiger partial charge in [-0.25, -0.2) is 0 Å². The van der Waals surface area contributed by atoms with Crippen molar-refractivity contribution in [2.45, 2.75) is 43.8 Å². The van der Waals surface area contributed by atoms with Crippen LogP contribution in [0.25, 0.3) is 0 Å². The van der Waals surface area contributed by atoms with Gasteiger partial charge in [0, 0.05) is 6.42 Å². The van der Waals surface area contributed by atoms with Crippen LogP contribution in [-0.2, 0) is 21.4 Å². The third kappa shape index (κ3) is 1.92. The molecule has 0 fully saturated rings. The van der Waals surface area contributed by atoms with Gasteiger partial charge >= 0.3 is 5.97 Å². The van der Waals surface area contributed by atoms with Crippen LogP contribution >= 0.6 is 0 Å². The molecule has 0 aromatic heterocycles. The first kappa shape index (κ1) is 16.3. The third-order valence-corrected chi connectivity index (χ3v) is 5.83. The summed E-state index contributed by atoms with van der Waals surface area (Å²) >= 11 is 0. The molecule has 2 bridgehead atoms. The molecule has 0 spiro atoms. The number of carbonyl (C=O) groups is 1. The second-order valence-electron chi connectivity index (χ2n) is 8.28. The number of rotatable bonds is 1. The number of fused-ring (bicyclic) bond motifs is 1. The molecule has 25 heavy (non-hydrogen) atoms. The first-order valence-electron chi connectivity index (χ1n) is 8.53. The minimum absolute atomic E-state index is 0.0313. The summed E-state index contributed by atoms with van der Waals surface area (Å²) < 4.78 is 0. The van der Waals surface area contributed by atoms with Crippen molar-refractivity contribution in [2.75, 3.05) is 0 Å². The van der Waals surface area contributed by atoms with Gasteiger partial charge in [-0.15, -0.1) is 0 Å². The summed E-state index contributed by atoms with van der Waals surface area (Å²) in [6.45, 7) is 6.26. The fourth-order valence-corrected chi connectivity index (χ4v) is 4.46. The molecule has 0 heterocycles. The van der Waals surface area contributed by atoms with E-state index in [4.69, 9.17) is 0 Å². The lowest BCUT2D eigenvalue weighted by Crippen LogP contribution is -2.57. The Balaban J connectivity index is 2.08. The van der Waals surface area contributed by atoms with Crippen LogP contribution in [0.15, 0.2) is 42.5 Å². The number of aliphatic hydroxyl groups is 2. The van der Waals surface area contributed by atoms with Crippen LogP contribution < -0.4 is 0 Å². The molecule has 3 N–H and O–H groups in total. The molecule has 3 unspecified atom stereocenters. The molecule has 0 aliphatic heterocycles. The largest absolute Gasteiger partial charge is 0.481 e. The summed E-state index contributed by atoms with van der Waals surface area (Å²) in [4.78, 5) is 11.9. The highest BCUT2D eigenvalue weighted by Gasteiger charge is 2.62. The second-order valence-corrected chi connectivity index (χ2v) is 8.28. The van der Waals surface area contributed by atoms with Gasteiger partial charge in [0.05, 0.1) is 5.92 Å². The summed E-state index contributed by atoms with van der Waals surface area (Å²) in [5, 5.41) is 32.8. The van der Waals surface area contributed by atoms with Crippen molar-refractivity contribution in [3.63, 3.8) is 0 Å². The lowest BCUT2D eigenvalue weighted by atomic mass is 9.54. The van der Waals surface area contributed by atoms with Gasteiger partial charge in [-0.3, -0.25) is 4.79 Å². The van der Waals surface area contributed by atoms with Crippen LogP contribution in [0.3, 0.4) is 0 Å². The second kappa shape index (κ2) is 4.71. The first-order chi connectivity index (χ1) is 11.6. The van der Waals surface area contributed by atoms with Crippen LogP contribution in [0.2, 0.25) is 0 Å². The summed E-state index contributed by atoms with van der Waals surface area (Å²) in [6.07, 6.45) is -0.0313. The normalized spacial score (nSPS) is 29.9. The van der Waals surface area contributed by atoms with Gasteiger partial charge in [-0.2, -0.15) is 0 Å². The van der Waals surface area contributed by atoms with E-state index in [1.165, 1.54) is 0 Å². The average molecular weight is 338 g/mol. The van der Waals surface area contributed by atoms with Crippen molar-refractivity contribution in [1.82, 2.24) is 0 Å². The van der Waals surface area contributed by atoms with E-state index in [9.17, 15) is 20.1 Å². The molecule has 0 saturated heterocycles. The monoisotopic (exact) mass is 338 g/mol. The van der Waals surface area contributed by atoms with Crippen molar-refractivity contribution in [2.24, 2.45) is 5.92 Å². The minimum atomic E-state index is -1.63. The fourth-order valence-electron chi connectivity index (χ4n) is 4.46. The number of carboxylic acid groups (broad SMARTS) is 1. The third-order valence-electron chi connectivity index (χ3n) is 5.83. The van der Waals surface area contributed by atoms with Crippen molar-refractivity contribution < 1.29 is 20.1 Å². The van der Waals surface area contributed by atoms with Gasteiger partial charge in [0.25, 0.3) is 0 Å².